The van der Waals surface area contributed by atoms with Crippen molar-refractivity contribution in [1.29, 1.82) is 0 Å². The number of aryl methyl sites for hydroxylation is 2. The van der Waals surface area contributed by atoms with Crippen molar-refractivity contribution < 1.29 is 0 Å². The van der Waals surface area contributed by atoms with Gasteiger partial charge >= 0.3 is 0 Å². The van der Waals surface area contributed by atoms with Crippen LogP contribution in [0.15, 0.2) is 11.0 Å². The number of nitrogens with one attached hydrogen (secondary N) is 1. The van der Waals surface area contributed by atoms with Crippen molar-refractivity contribution in [3.63, 3.8) is 0 Å². The lowest BCUT2D eigenvalue weighted by atomic mass is 10.0. The van der Waals surface area contributed by atoms with Crippen LogP contribution in [0, 0.1) is 3.57 Å². The van der Waals surface area contributed by atoms with E-state index in [1.54, 1.807) is 4.68 Å². The molecule has 21 heavy (non-hydrogen) atoms. The summed E-state index contributed by atoms with van der Waals surface area (Å²) in [7, 11) is 1.89. The predicted molar refractivity (Wildman–Crippen MR) is 90.4 cm³/mol. The van der Waals surface area contributed by atoms with Crippen LogP contribution in [0.1, 0.15) is 49.9 Å². The van der Waals surface area contributed by atoms with Crippen molar-refractivity contribution >= 4 is 22.6 Å². The summed E-state index contributed by atoms with van der Waals surface area (Å²) in [4.78, 5) is 20.0. The lowest BCUT2D eigenvalue weighted by Gasteiger charge is -2.12. The quantitative estimate of drug-likeness (QED) is 0.809. The lowest BCUT2D eigenvalue weighted by molar-refractivity contribution is 0.687. The molecule has 0 radical (unpaired) electrons. The number of H-pyrrole nitrogens is 1. The van der Waals surface area contributed by atoms with Crippen LogP contribution in [-0.2, 0) is 13.5 Å². The van der Waals surface area contributed by atoms with Gasteiger partial charge in [0.1, 0.15) is 5.82 Å². The third kappa shape index (κ3) is 2.77. The smallest absolute Gasteiger partial charge is 0.264 e. The van der Waals surface area contributed by atoms with Crippen LogP contribution in [0.5, 0.6) is 0 Å². The van der Waals surface area contributed by atoms with Gasteiger partial charge in [0.2, 0.25) is 0 Å². The number of halogens is 1. The Morgan fingerprint density at radius 2 is 2.14 bits per heavy atom. The second-order valence-corrected chi connectivity index (χ2v) is 6.69. The van der Waals surface area contributed by atoms with Gasteiger partial charge in [-0.1, -0.05) is 19.8 Å². The van der Waals surface area contributed by atoms with Gasteiger partial charge in [0.25, 0.3) is 5.56 Å². The minimum absolute atomic E-state index is 0.0339. The van der Waals surface area contributed by atoms with E-state index in [4.69, 9.17) is 4.98 Å². The Bertz CT molecular complexity index is 713. The predicted octanol–water partition coefficient (Wildman–Crippen LogP) is 3.00. The Hall–Kier alpha value is -1.18. The van der Waals surface area contributed by atoms with E-state index in [9.17, 15) is 4.79 Å². The van der Waals surface area contributed by atoms with E-state index in [2.05, 4.69) is 39.6 Å². The molecular weight excluding hydrogens is 379 g/mol. The van der Waals surface area contributed by atoms with Crippen molar-refractivity contribution in [1.82, 2.24) is 19.7 Å². The molecule has 3 rings (SSSR count). The zero-order valence-electron chi connectivity index (χ0n) is 12.3. The minimum atomic E-state index is -0.0339. The van der Waals surface area contributed by atoms with Gasteiger partial charge in [-0.05, 0) is 41.9 Å². The van der Waals surface area contributed by atoms with Crippen LogP contribution in [0.4, 0.5) is 0 Å². The second-order valence-electron chi connectivity index (χ2n) is 5.61. The number of aromatic nitrogens is 4. The molecule has 0 amide bonds. The number of hydrogen-bond acceptors (Lipinski definition) is 3. The molecule has 1 aliphatic carbocycles. The third-order valence-electron chi connectivity index (χ3n) is 4.13. The number of aromatic amines is 1. The standard InChI is InChI=1S/C15H19IN4O/c1-3-11-10(8-20(2)19-11)14-17-13(9-6-4-5-7-9)12(16)15(21)18-14/h8-9H,3-7H2,1-2H3,(H,17,18,21). The fraction of sp³-hybridized carbons (Fsp3) is 0.533. The summed E-state index contributed by atoms with van der Waals surface area (Å²) in [5.74, 6) is 1.09. The summed E-state index contributed by atoms with van der Waals surface area (Å²) in [5.41, 5.74) is 2.85. The molecule has 2 aromatic rings. The van der Waals surface area contributed by atoms with E-state index < -0.39 is 0 Å². The molecule has 0 spiro atoms. The van der Waals surface area contributed by atoms with E-state index >= 15 is 0 Å². The first-order valence-corrected chi connectivity index (χ1v) is 8.50. The maximum Gasteiger partial charge on any atom is 0.264 e. The van der Waals surface area contributed by atoms with Gasteiger partial charge in [-0.2, -0.15) is 5.10 Å². The highest BCUT2D eigenvalue weighted by Crippen LogP contribution is 2.35. The van der Waals surface area contributed by atoms with E-state index in [1.165, 1.54) is 12.8 Å². The van der Waals surface area contributed by atoms with Crippen molar-refractivity contribution in [2.45, 2.75) is 44.9 Å². The highest BCUT2D eigenvalue weighted by molar-refractivity contribution is 14.1. The highest BCUT2D eigenvalue weighted by Gasteiger charge is 2.24. The minimum Gasteiger partial charge on any atom is -0.305 e. The van der Waals surface area contributed by atoms with Gasteiger partial charge in [0, 0.05) is 19.2 Å². The van der Waals surface area contributed by atoms with E-state index in [0.29, 0.717) is 11.7 Å². The summed E-state index contributed by atoms with van der Waals surface area (Å²) < 4.78 is 2.52. The first-order chi connectivity index (χ1) is 10.1. The Labute approximate surface area is 137 Å². The summed E-state index contributed by atoms with van der Waals surface area (Å²) in [6, 6.07) is 0. The summed E-state index contributed by atoms with van der Waals surface area (Å²) in [6.07, 6.45) is 7.50. The molecule has 0 aromatic carbocycles. The van der Waals surface area contributed by atoms with Crippen LogP contribution in [-0.4, -0.2) is 19.7 Å². The monoisotopic (exact) mass is 398 g/mol. The molecule has 2 heterocycles. The first-order valence-electron chi connectivity index (χ1n) is 7.42. The molecule has 1 saturated carbocycles. The first kappa shape index (κ1) is 14.7. The Kier molecular flexibility index (Phi) is 4.14. The summed E-state index contributed by atoms with van der Waals surface area (Å²) >= 11 is 2.13. The zero-order chi connectivity index (χ0) is 15.0. The van der Waals surface area contributed by atoms with Crippen molar-refractivity contribution in [2.24, 2.45) is 7.05 Å². The summed E-state index contributed by atoms with van der Waals surface area (Å²) in [6.45, 7) is 2.06. The lowest BCUT2D eigenvalue weighted by Crippen LogP contribution is -2.18. The third-order valence-corrected chi connectivity index (χ3v) is 5.17. The fourth-order valence-corrected chi connectivity index (χ4v) is 3.76. The molecule has 1 N–H and O–H groups in total. The average molecular weight is 398 g/mol. The van der Waals surface area contributed by atoms with E-state index in [1.807, 2.05) is 13.2 Å². The molecule has 5 nitrogen and oxygen atoms in total. The Balaban J connectivity index is 2.13. The van der Waals surface area contributed by atoms with Crippen LogP contribution >= 0.6 is 22.6 Å². The largest absolute Gasteiger partial charge is 0.305 e. The number of hydrogen-bond donors (Lipinski definition) is 1. The molecule has 2 aromatic heterocycles. The van der Waals surface area contributed by atoms with Gasteiger partial charge in [0.05, 0.1) is 20.5 Å². The van der Waals surface area contributed by atoms with Crippen LogP contribution in [0.2, 0.25) is 0 Å². The van der Waals surface area contributed by atoms with Crippen LogP contribution in [0.3, 0.4) is 0 Å². The number of nitrogens with zero attached hydrogens (tertiary/aromatic N) is 3. The normalized spacial score (nSPS) is 15.8. The number of rotatable bonds is 3. The second kappa shape index (κ2) is 5.90. The van der Waals surface area contributed by atoms with Crippen molar-refractivity contribution in [2.75, 3.05) is 0 Å². The average Bonchev–Trinajstić information content (AvgIpc) is 3.10. The molecule has 0 bridgehead atoms. The molecule has 0 saturated heterocycles. The zero-order valence-corrected chi connectivity index (χ0v) is 14.5. The molecular formula is C15H19IN4O. The molecule has 6 heteroatoms. The van der Waals surface area contributed by atoms with Gasteiger partial charge in [-0.15, -0.1) is 0 Å². The molecule has 1 aliphatic rings. The maximum absolute atomic E-state index is 12.3. The van der Waals surface area contributed by atoms with Gasteiger partial charge in [-0.3, -0.25) is 9.48 Å². The molecule has 0 unspecified atom stereocenters. The highest BCUT2D eigenvalue weighted by atomic mass is 127. The topological polar surface area (TPSA) is 63.6 Å². The fourth-order valence-electron chi connectivity index (χ4n) is 3.07. The molecule has 1 fully saturated rings. The Morgan fingerprint density at radius 3 is 2.81 bits per heavy atom. The van der Waals surface area contributed by atoms with E-state index in [-0.39, 0.29) is 5.56 Å². The molecule has 0 atom stereocenters. The Morgan fingerprint density at radius 1 is 1.43 bits per heavy atom. The summed E-state index contributed by atoms with van der Waals surface area (Å²) in [5, 5.41) is 4.44. The molecule has 0 aliphatic heterocycles. The molecule has 112 valence electrons. The van der Waals surface area contributed by atoms with Gasteiger partial charge < -0.3 is 4.98 Å². The van der Waals surface area contributed by atoms with Crippen LogP contribution < -0.4 is 5.56 Å². The maximum atomic E-state index is 12.3. The van der Waals surface area contributed by atoms with Crippen molar-refractivity contribution in [3.8, 4) is 11.4 Å². The SMILES string of the molecule is CCc1nn(C)cc1-c1nc(C2CCCC2)c(I)c(=O)[nH]1. The van der Waals surface area contributed by atoms with Crippen molar-refractivity contribution in [3.05, 3.63) is 31.5 Å². The van der Waals surface area contributed by atoms with Gasteiger partial charge in [0.15, 0.2) is 0 Å². The van der Waals surface area contributed by atoms with Crippen LogP contribution in [0.25, 0.3) is 11.4 Å². The van der Waals surface area contributed by atoms with Gasteiger partial charge in [-0.25, -0.2) is 4.98 Å². The van der Waals surface area contributed by atoms with E-state index in [0.717, 1.165) is 39.8 Å².